The van der Waals surface area contributed by atoms with Gasteiger partial charge in [0.2, 0.25) is 0 Å². The largest absolute Gasteiger partial charge is 0.294 e. The first-order chi connectivity index (χ1) is 9.22. The quantitative estimate of drug-likeness (QED) is 0.404. The smallest absolute Gasteiger partial charge is 0.258 e. The lowest BCUT2D eigenvalue weighted by atomic mass is 10.2. The monoisotopic (exact) mass is 273 g/mol. The van der Waals surface area contributed by atoms with Crippen LogP contribution >= 0.6 is 12.6 Å². The molecule has 19 heavy (non-hydrogen) atoms. The van der Waals surface area contributed by atoms with E-state index in [1.165, 1.54) is 10.7 Å². The number of nitro groups is 1. The van der Waals surface area contributed by atoms with Gasteiger partial charge in [-0.2, -0.15) is 17.7 Å². The summed E-state index contributed by atoms with van der Waals surface area (Å²) in [6.45, 7) is 0. The van der Waals surface area contributed by atoms with Crippen molar-refractivity contribution in [1.29, 1.82) is 0 Å². The second kappa shape index (κ2) is 6.07. The van der Waals surface area contributed by atoms with Gasteiger partial charge in [0.25, 0.3) is 5.69 Å². The van der Waals surface area contributed by atoms with Gasteiger partial charge in [-0.3, -0.25) is 10.1 Å². The van der Waals surface area contributed by atoms with Gasteiger partial charge in [-0.05, 0) is 6.07 Å². The van der Waals surface area contributed by atoms with Crippen LogP contribution < -0.4 is 0 Å². The van der Waals surface area contributed by atoms with E-state index in [4.69, 9.17) is 0 Å². The maximum Gasteiger partial charge on any atom is 0.294 e. The lowest BCUT2D eigenvalue weighted by molar-refractivity contribution is -0.384. The van der Waals surface area contributed by atoms with E-state index >= 15 is 0 Å². The van der Waals surface area contributed by atoms with Crippen LogP contribution in [-0.4, -0.2) is 20.5 Å². The highest BCUT2D eigenvalue weighted by Gasteiger charge is 2.14. The Kier molecular flexibility index (Phi) is 4.21. The molecule has 0 spiro atoms. The van der Waals surface area contributed by atoms with Crippen LogP contribution in [0.15, 0.2) is 36.7 Å². The van der Waals surface area contributed by atoms with Crippen LogP contribution in [0.25, 0.3) is 5.69 Å². The molecule has 2 aromatic rings. The van der Waals surface area contributed by atoms with Crippen LogP contribution in [0.2, 0.25) is 0 Å². The predicted octanol–water partition coefficient (Wildman–Crippen LogP) is 2.45. The summed E-state index contributed by atoms with van der Waals surface area (Å²) in [6.07, 6.45) is 3.95. The molecule has 5 nitrogen and oxygen atoms in total. The summed E-state index contributed by atoms with van der Waals surface area (Å²) < 4.78 is 1.46. The number of thiol groups is 1. The number of nitrogens with zero attached hydrogens (tertiary/aromatic N) is 3. The summed E-state index contributed by atoms with van der Waals surface area (Å²) in [7, 11) is 0. The second-order valence-corrected chi connectivity index (χ2v) is 4.14. The van der Waals surface area contributed by atoms with Gasteiger partial charge in [0.05, 0.1) is 16.7 Å². The van der Waals surface area contributed by atoms with Crippen molar-refractivity contribution in [2.45, 2.75) is 6.42 Å². The molecule has 0 fully saturated rings. The number of para-hydroxylation sites is 2. The molecule has 2 rings (SSSR count). The molecule has 0 atom stereocenters. The van der Waals surface area contributed by atoms with E-state index in [1.54, 1.807) is 30.6 Å². The fourth-order valence-corrected chi connectivity index (χ4v) is 1.66. The molecular formula is C13H11N3O2S. The molecule has 0 amide bonds. The summed E-state index contributed by atoms with van der Waals surface area (Å²) in [5.74, 6) is 6.57. The van der Waals surface area contributed by atoms with E-state index < -0.39 is 4.92 Å². The maximum absolute atomic E-state index is 10.9. The molecule has 0 N–H and O–H groups in total. The van der Waals surface area contributed by atoms with Gasteiger partial charge in [-0.1, -0.05) is 24.0 Å². The SMILES string of the molecule is O=[N+]([O-])c1ccccc1-n1cc(C#CCCS)cn1. The lowest BCUT2D eigenvalue weighted by Crippen LogP contribution is -1.99. The first kappa shape index (κ1) is 13.2. The normalized spacial score (nSPS) is 9.74. The third-order valence-corrected chi connectivity index (χ3v) is 2.60. The molecule has 96 valence electrons. The van der Waals surface area contributed by atoms with Gasteiger partial charge in [0, 0.05) is 24.4 Å². The Balaban J connectivity index is 2.34. The van der Waals surface area contributed by atoms with E-state index in [0.29, 0.717) is 17.9 Å². The molecule has 0 radical (unpaired) electrons. The number of hydrogen-bond acceptors (Lipinski definition) is 4. The maximum atomic E-state index is 10.9. The molecule has 0 saturated carbocycles. The molecule has 0 saturated heterocycles. The van der Waals surface area contributed by atoms with E-state index in [0.717, 1.165) is 5.56 Å². The molecule has 1 aromatic heterocycles. The van der Waals surface area contributed by atoms with Crippen LogP contribution in [0, 0.1) is 22.0 Å². The second-order valence-electron chi connectivity index (χ2n) is 3.69. The zero-order chi connectivity index (χ0) is 13.7. The van der Waals surface area contributed by atoms with Crippen molar-refractivity contribution in [3.05, 3.63) is 52.3 Å². The van der Waals surface area contributed by atoms with Crippen LogP contribution in [-0.2, 0) is 0 Å². The van der Waals surface area contributed by atoms with E-state index in [2.05, 4.69) is 29.6 Å². The van der Waals surface area contributed by atoms with Crippen molar-refractivity contribution in [3.8, 4) is 17.5 Å². The topological polar surface area (TPSA) is 61.0 Å². The molecular weight excluding hydrogens is 262 g/mol. The predicted molar refractivity (Wildman–Crippen MR) is 75.6 cm³/mol. The Morgan fingerprint density at radius 2 is 2.21 bits per heavy atom. The Labute approximate surface area is 115 Å². The van der Waals surface area contributed by atoms with Crippen molar-refractivity contribution in [2.75, 3.05) is 5.75 Å². The minimum Gasteiger partial charge on any atom is -0.258 e. The highest BCUT2D eigenvalue weighted by molar-refractivity contribution is 7.80. The van der Waals surface area contributed by atoms with Crippen molar-refractivity contribution in [1.82, 2.24) is 9.78 Å². The summed E-state index contributed by atoms with van der Waals surface area (Å²) in [5, 5.41) is 15.0. The summed E-state index contributed by atoms with van der Waals surface area (Å²) in [6, 6.07) is 6.45. The van der Waals surface area contributed by atoms with Crippen LogP contribution in [0.5, 0.6) is 0 Å². The van der Waals surface area contributed by atoms with Crippen molar-refractivity contribution < 1.29 is 4.92 Å². The fourth-order valence-electron chi connectivity index (χ4n) is 1.55. The fraction of sp³-hybridized carbons (Fsp3) is 0.154. The molecule has 0 aliphatic heterocycles. The summed E-state index contributed by atoms with van der Waals surface area (Å²) in [4.78, 5) is 10.5. The average Bonchev–Trinajstić information content (AvgIpc) is 2.88. The molecule has 0 aliphatic carbocycles. The van der Waals surface area contributed by atoms with Gasteiger partial charge in [-0.15, -0.1) is 0 Å². The lowest BCUT2D eigenvalue weighted by Gasteiger charge is -2.01. The Morgan fingerprint density at radius 3 is 2.95 bits per heavy atom. The molecule has 1 aromatic carbocycles. The summed E-state index contributed by atoms with van der Waals surface area (Å²) in [5.41, 5.74) is 1.16. The van der Waals surface area contributed by atoms with E-state index in [9.17, 15) is 10.1 Å². The average molecular weight is 273 g/mol. The van der Waals surface area contributed by atoms with Crippen LogP contribution in [0.1, 0.15) is 12.0 Å². The number of aromatic nitrogens is 2. The van der Waals surface area contributed by atoms with E-state index in [1.807, 2.05) is 0 Å². The minimum absolute atomic E-state index is 0.0143. The molecule has 1 heterocycles. The Bertz CT molecular complexity index is 655. The van der Waals surface area contributed by atoms with Gasteiger partial charge in [0.1, 0.15) is 5.69 Å². The highest BCUT2D eigenvalue weighted by atomic mass is 32.1. The van der Waals surface area contributed by atoms with Gasteiger partial charge >= 0.3 is 0 Å². The molecule has 0 bridgehead atoms. The number of nitro benzene ring substituents is 1. The molecule has 6 heteroatoms. The third-order valence-electron chi connectivity index (χ3n) is 2.38. The van der Waals surface area contributed by atoms with Gasteiger partial charge in [-0.25, -0.2) is 4.68 Å². The number of benzene rings is 1. The first-order valence-corrected chi connectivity index (χ1v) is 6.24. The minimum atomic E-state index is -0.427. The Hall–Kier alpha value is -2.26. The van der Waals surface area contributed by atoms with Crippen molar-refractivity contribution >= 4 is 18.3 Å². The van der Waals surface area contributed by atoms with E-state index in [-0.39, 0.29) is 5.69 Å². The van der Waals surface area contributed by atoms with Crippen LogP contribution in [0.3, 0.4) is 0 Å². The van der Waals surface area contributed by atoms with Crippen molar-refractivity contribution in [3.63, 3.8) is 0 Å². The standard InChI is InChI=1S/C13H11N3O2S/c17-16(18)13-7-2-1-6-12(13)15-10-11(9-14-15)5-3-4-8-19/h1-2,6-7,9-10,19H,4,8H2. The third kappa shape index (κ3) is 3.14. The number of hydrogen-bond donors (Lipinski definition) is 1. The molecule has 0 unspecified atom stereocenters. The van der Waals surface area contributed by atoms with Crippen LogP contribution in [0.4, 0.5) is 5.69 Å². The van der Waals surface area contributed by atoms with Gasteiger partial charge in [0.15, 0.2) is 0 Å². The zero-order valence-corrected chi connectivity index (χ0v) is 10.9. The zero-order valence-electron chi connectivity index (χ0n) is 9.98. The number of rotatable bonds is 3. The molecule has 0 aliphatic rings. The first-order valence-electron chi connectivity index (χ1n) is 5.60. The van der Waals surface area contributed by atoms with Gasteiger partial charge < -0.3 is 0 Å². The van der Waals surface area contributed by atoms with Crippen molar-refractivity contribution in [2.24, 2.45) is 0 Å². The Morgan fingerprint density at radius 1 is 1.42 bits per heavy atom. The summed E-state index contributed by atoms with van der Waals surface area (Å²) >= 11 is 4.07. The highest BCUT2D eigenvalue weighted by Crippen LogP contribution is 2.21.